The minimum atomic E-state index is -0.684. The second-order valence-electron chi connectivity index (χ2n) is 2.58. The monoisotopic (exact) mass is 213 g/mol. The summed E-state index contributed by atoms with van der Waals surface area (Å²) < 4.78 is 14.5. The maximum atomic E-state index is 11.3. The molecule has 0 aliphatic carbocycles. The van der Waals surface area contributed by atoms with Gasteiger partial charge in [0.15, 0.2) is 5.57 Å². The molecule has 0 bridgehead atoms. The number of carbonyl (C=O) groups excluding carboxylic acids is 1. The molecule has 0 rings (SSSR count). The highest BCUT2D eigenvalue weighted by Gasteiger charge is 2.14. The molecule has 0 atom stereocenters. The second kappa shape index (κ2) is 7.83. The van der Waals surface area contributed by atoms with E-state index in [-0.39, 0.29) is 17.9 Å². The van der Waals surface area contributed by atoms with Gasteiger partial charge in [-0.25, -0.2) is 4.79 Å². The van der Waals surface area contributed by atoms with E-state index in [0.717, 1.165) is 0 Å². The minimum Gasteiger partial charge on any atom is -0.500 e. The lowest BCUT2D eigenvalue weighted by Gasteiger charge is -2.05. The number of rotatable bonds is 6. The number of esters is 1. The zero-order valence-electron chi connectivity index (χ0n) is 9.20. The lowest BCUT2D eigenvalue weighted by Crippen LogP contribution is -2.13. The van der Waals surface area contributed by atoms with Gasteiger partial charge in [-0.2, -0.15) is 5.26 Å². The first-order chi connectivity index (χ1) is 7.17. The Bertz CT molecular complexity index is 278. The van der Waals surface area contributed by atoms with Gasteiger partial charge in [-0.05, 0) is 13.8 Å². The molecule has 0 saturated carbocycles. The highest BCUT2D eigenvalue weighted by atomic mass is 16.6. The highest BCUT2D eigenvalue weighted by molar-refractivity contribution is 5.93. The molecule has 0 fully saturated rings. The molecule has 0 aromatic carbocycles. The predicted molar refractivity (Wildman–Crippen MR) is 52.8 cm³/mol. The molecule has 0 aromatic rings. The summed E-state index contributed by atoms with van der Waals surface area (Å²) in [6.45, 7) is 4.40. The van der Waals surface area contributed by atoms with E-state index in [9.17, 15) is 4.79 Å². The number of methoxy groups -OCH3 is 1. The lowest BCUT2D eigenvalue weighted by atomic mass is 10.2. The number of nitrogens with zero attached hydrogens (tertiary/aromatic N) is 1. The maximum Gasteiger partial charge on any atom is 0.352 e. The van der Waals surface area contributed by atoms with E-state index in [1.54, 1.807) is 6.07 Å². The van der Waals surface area contributed by atoms with Crippen molar-refractivity contribution < 1.29 is 19.0 Å². The largest absolute Gasteiger partial charge is 0.500 e. The van der Waals surface area contributed by atoms with Crippen LogP contribution >= 0.6 is 0 Å². The van der Waals surface area contributed by atoms with Gasteiger partial charge in [0.2, 0.25) is 0 Å². The number of ether oxygens (including phenoxy) is 3. The number of hydrogen-bond acceptors (Lipinski definition) is 5. The molecule has 0 aliphatic rings. The Morgan fingerprint density at radius 3 is 2.53 bits per heavy atom. The van der Waals surface area contributed by atoms with Crippen molar-refractivity contribution in [2.24, 2.45) is 0 Å². The van der Waals surface area contributed by atoms with Crippen molar-refractivity contribution in [2.75, 3.05) is 26.9 Å². The van der Waals surface area contributed by atoms with Crippen LogP contribution < -0.4 is 0 Å². The van der Waals surface area contributed by atoms with Crippen molar-refractivity contribution in [3.05, 3.63) is 11.3 Å². The van der Waals surface area contributed by atoms with Crippen molar-refractivity contribution in [3.63, 3.8) is 0 Å². The summed E-state index contributed by atoms with van der Waals surface area (Å²) in [6, 6.07) is 1.73. The molecular formula is C10H15NO4. The third-order valence-corrected chi connectivity index (χ3v) is 1.64. The van der Waals surface area contributed by atoms with Gasteiger partial charge in [0.1, 0.15) is 18.4 Å². The molecule has 0 aromatic heterocycles. The van der Waals surface area contributed by atoms with Gasteiger partial charge >= 0.3 is 5.97 Å². The predicted octanol–water partition coefficient (Wildman–Crippen LogP) is 1.01. The number of hydrogen-bond donors (Lipinski definition) is 0. The van der Waals surface area contributed by atoms with E-state index in [1.165, 1.54) is 14.0 Å². The van der Waals surface area contributed by atoms with Gasteiger partial charge in [0.05, 0.1) is 13.7 Å². The first kappa shape index (κ1) is 13.5. The molecule has 5 nitrogen and oxygen atoms in total. The summed E-state index contributed by atoms with van der Waals surface area (Å²) in [5.74, 6) is -0.435. The van der Waals surface area contributed by atoms with E-state index >= 15 is 0 Å². The van der Waals surface area contributed by atoms with Crippen LogP contribution in [0, 0.1) is 11.3 Å². The fourth-order valence-electron chi connectivity index (χ4n) is 0.780. The summed E-state index contributed by atoms with van der Waals surface area (Å²) in [6.07, 6.45) is 0. The molecule has 0 radical (unpaired) electrons. The van der Waals surface area contributed by atoms with Crippen LogP contribution in [0.5, 0.6) is 0 Å². The maximum absolute atomic E-state index is 11.3. The van der Waals surface area contributed by atoms with Gasteiger partial charge in [-0.3, -0.25) is 0 Å². The Morgan fingerprint density at radius 1 is 1.40 bits per heavy atom. The fourth-order valence-corrected chi connectivity index (χ4v) is 0.780. The van der Waals surface area contributed by atoms with Gasteiger partial charge in [-0.15, -0.1) is 0 Å². The third-order valence-electron chi connectivity index (χ3n) is 1.64. The minimum absolute atomic E-state index is 0.117. The Kier molecular flexibility index (Phi) is 7.02. The second-order valence-corrected chi connectivity index (χ2v) is 2.58. The van der Waals surface area contributed by atoms with Crippen molar-refractivity contribution in [1.82, 2.24) is 0 Å². The molecule has 0 spiro atoms. The van der Waals surface area contributed by atoms with Crippen LogP contribution in [0.15, 0.2) is 11.3 Å². The van der Waals surface area contributed by atoms with Crippen LogP contribution in [0.25, 0.3) is 0 Å². The average Bonchev–Trinajstić information content (AvgIpc) is 2.25. The summed E-state index contributed by atoms with van der Waals surface area (Å²) in [5, 5.41) is 8.68. The Hall–Kier alpha value is -1.54. The third kappa shape index (κ3) is 5.03. The zero-order valence-corrected chi connectivity index (χ0v) is 9.20. The van der Waals surface area contributed by atoms with Crippen LogP contribution in [0.1, 0.15) is 13.8 Å². The molecule has 0 aliphatic heterocycles. The van der Waals surface area contributed by atoms with E-state index in [4.69, 9.17) is 19.5 Å². The topological polar surface area (TPSA) is 68.5 Å². The van der Waals surface area contributed by atoms with Crippen LogP contribution in [-0.4, -0.2) is 32.9 Å². The zero-order chi connectivity index (χ0) is 11.7. The van der Waals surface area contributed by atoms with E-state index in [0.29, 0.717) is 13.2 Å². The number of allylic oxidation sites excluding steroid dienone is 1. The SMILES string of the molecule is CCOCCOC(=O)/C(C#N)=C(\C)OC. The normalized spacial score (nSPS) is 11.3. The first-order valence-corrected chi connectivity index (χ1v) is 4.57. The molecular weight excluding hydrogens is 198 g/mol. The smallest absolute Gasteiger partial charge is 0.352 e. The molecule has 84 valence electrons. The summed E-state index contributed by atoms with van der Waals surface area (Å²) in [5.41, 5.74) is -0.117. The van der Waals surface area contributed by atoms with Gasteiger partial charge < -0.3 is 14.2 Å². The van der Waals surface area contributed by atoms with Crippen molar-refractivity contribution in [3.8, 4) is 6.07 Å². The van der Waals surface area contributed by atoms with Crippen molar-refractivity contribution in [1.29, 1.82) is 5.26 Å². The average molecular weight is 213 g/mol. The molecule has 0 N–H and O–H groups in total. The Morgan fingerprint density at radius 2 is 2.07 bits per heavy atom. The standard InChI is InChI=1S/C10H15NO4/c1-4-14-5-6-15-10(12)9(7-11)8(2)13-3/h4-6H2,1-3H3/b9-8+. The fraction of sp³-hybridized carbons (Fsp3) is 0.600. The van der Waals surface area contributed by atoms with Gasteiger partial charge in [0.25, 0.3) is 0 Å². The van der Waals surface area contributed by atoms with Crippen LogP contribution in [0.3, 0.4) is 0 Å². The summed E-state index contributed by atoms with van der Waals surface area (Å²) in [4.78, 5) is 11.3. The van der Waals surface area contributed by atoms with Crippen LogP contribution in [0.2, 0.25) is 0 Å². The quantitative estimate of drug-likeness (QED) is 0.216. The van der Waals surface area contributed by atoms with E-state index in [1.807, 2.05) is 6.92 Å². The summed E-state index contributed by atoms with van der Waals surface area (Å²) >= 11 is 0. The number of carbonyl (C=O) groups is 1. The lowest BCUT2D eigenvalue weighted by molar-refractivity contribution is -0.140. The molecule has 0 heterocycles. The molecule has 15 heavy (non-hydrogen) atoms. The van der Waals surface area contributed by atoms with E-state index in [2.05, 4.69) is 0 Å². The molecule has 5 heteroatoms. The number of nitriles is 1. The Balaban J connectivity index is 4.14. The van der Waals surface area contributed by atoms with Crippen LogP contribution in [0.4, 0.5) is 0 Å². The first-order valence-electron chi connectivity index (χ1n) is 4.57. The van der Waals surface area contributed by atoms with Crippen molar-refractivity contribution >= 4 is 5.97 Å². The van der Waals surface area contributed by atoms with Crippen LogP contribution in [-0.2, 0) is 19.0 Å². The Labute approximate surface area is 89.2 Å². The molecule has 0 unspecified atom stereocenters. The highest BCUT2D eigenvalue weighted by Crippen LogP contribution is 2.05. The van der Waals surface area contributed by atoms with Gasteiger partial charge in [0, 0.05) is 6.61 Å². The summed E-state index contributed by atoms with van der Waals surface area (Å²) in [7, 11) is 1.39. The van der Waals surface area contributed by atoms with E-state index < -0.39 is 5.97 Å². The van der Waals surface area contributed by atoms with Gasteiger partial charge in [-0.1, -0.05) is 0 Å². The van der Waals surface area contributed by atoms with Crippen molar-refractivity contribution in [2.45, 2.75) is 13.8 Å². The molecule has 0 amide bonds. The molecule has 0 saturated heterocycles.